The average Bonchev–Trinajstić information content (AvgIpc) is 2.72. The summed E-state index contributed by atoms with van der Waals surface area (Å²) in [6, 6.07) is 0. The Morgan fingerprint density at radius 1 is 0.909 bits per heavy atom. The summed E-state index contributed by atoms with van der Waals surface area (Å²) >= 11 is 0. The molecule has 4 saturated carbocycles. The third-order valence-electron chi connectivity index (χ3n) is 11.6. The van der Waals surface area contributed by atoms with Crippen molar-refractivity contribution in [3.8, 4) is 0 Å². The number of aliphatic hydroxyl groups is 1. The smallest absolute Gasteiger partial charge is 0.159 e. The van der Waals surface area contributed by atoms with Gasteiger partial charge in [0.1, 0.15) is 5.78 Å². The van der Waals surface area contributed by atoms with Crippen molar-refractivity contribution in [2.75, 3.05) is 0 Å². The van der Waals surface area contributed by atoms with Crippen molar-refractivity contribution in [2.24, 2.45) is 51.2 Å². The normalized spacial score (nSPS) is 49.8. The molecule has 0 radical (unpaired) electrons. The van der Waals surface area contributed by atoms with E-state index in [0.717, 1.165) is 51.4 Å². The molecule has 1 N–H and O–H groups in total. The summed E-state index contributed by atoms with van der Waals surface area (Å²) < 4.78 is 0. The average molecular weight is 455 g/mol. The summed E-state index contributed by atoms with van der Waals surface area (Å²) in [6.07, 6.45) is 12.3. The third kappa shape index (κ3) is 3.46. The predicted molar refractivity (Wildman–Crippen MR) is 131 cm³/mol. The summed E-state index contributed by atoms with van der Waals surface area (Å²) in [7, 11) is 0. The van der Waals surface area contributed by atoms with E-state index in [4.69, 9.17) is 0 Å². The van der Waals surface area contributed by atoms with Crippen molar-refractivity contribution in [3.05, 3.63) is 11.6 Å². The lowest BCUT2D eigenvalue weighted by atomic mass is 9.39. The monoisotopic (exact) mass is 454 g/mol. The standard InChI is InChI=1S/C30H46O3/c1-27(2,3)26(33)18-7-11-28(4)12-10-22-21(23(28)15-18)17-24(32)25-29(5)14-9-20(31)16-19(29)8-13-30(22,25)6/h17-20,22-23,25,31H,7-16H2,1-6H3. The minimum atomic E-state index is -0.293. The Morgan fingerprint density at radius 2 is 1.58 bits per heavy atom. The first-order valence-electron chi connectivity index (χ1n) is 13.8. The summed E-state index contributed by atoms with van der Waals surface area (Å²) in [6.45, 7) is 13.4. The second-order valence-electron chi connectivity index (χ2n) is 14.5. The number of hydrogen-bond acceptors (Lipinski definition) is 3. The molecule has 5 rings (SSSR count). The van der Waals surface area contributed by atoms with Crippen molar-refractivity contribution >= 4 is 11.6 Å². The van der Waals surface area contributed by atoms with E-state index in [0.29, 0.717) is 29.3 Å². The molecule has 0 heterocycles. The highest BCUT2D eigenvalue weighted by Gasteiger charge is 2.64. The number of ketones is 2. The van der Waals surface area contributed by atoms with E-state index in [1.807, 2.05) is 0 Å². The number of Topliss-reactive ketones (excluding diaryl/α,β-unsaturated/α-hetero) is 1. The SMILES string of the molecule is CC(C)(C)C(=O)C1CCC2(C)CCC3C(=CC(=O)C4C5(C)CCC(O)CC5CCC34C)C2C1. The van der Waals surface area contributed by atoms with Gasteiger partial charge in [-0.15, -0.1) is 0 Å². The molecule has 0 saturated heterocycles. The Balaban J connectivity index is 1.51. The third-order valence-corrected chi connectivity index (χ3v) is 11.6. The lowest BCUT2D eigenvalue weighted by Gasteiger charge is -2.64. The molecule has 33 heavy (non-hydrogen) atoms. The second-order valence-corrected chi connectivity index (χ2v) is 14.5. The van der Waals surface area contributed by atoms with E-state index in [-0.39, 0.29) is 39.6 Å². The summed E-state index contributed by atoms with van der Waals surface area (Å²) in [4.78, 5) is 27.2. The van der Waals surface area contributed by atoms with Gasteiger partial charge >= 0.3 is 0 Å². The molecule has 0 aliphatic heterocycles. The van der Waals surface area contributed by atoms with Crippen molar-refractivity contribution < 1.29 is 14.7 Å². The number of rotatable bonds is 1. The van der Waals surface area contributed by atoms with Crippen molar-refractivity contribution in [3.63, 3.8) is 0 Å². The number of carbonyl (C=O) groups is 2. The molecule has 0 aromatic carbocycles. The number of allylic oxidation sites excluding steroid dienone is 2. The number of hydrogen-bond donors (Lipinski definition) is 1. The van der Waals surface area contributed by atoms with Crippen molar-refractivity contribution in [2.45, 2.75) is 112 Å². The lowest BCUT2D eigenvalue weighted by Crippen LogP contribution is -2.60. The summed E-state index contributed by atoms with van der Waals surface area (Å²) in [5.74, 6) is 2.32. The Hall–Kier alpha value is -0.960. The Bertz CT molecular complexity index is 879. The maximum atomic E-state index is 14.0. The maximum absolute atomic E-state index is 14.0. The van der Waals surface area contributed by atoms with Crippen LogP contribution in [0, 0.1) is 51.2 Å². The summed E-state index contributed by atoms with van der Waals surface area (Å²) in [5, 5.41) is 10.3. The van der Waals surface area contributed by atoms with Gasteiger partial charge in [0.05, 0.1) is 6.10 Å². The van der Waals surface area contributed by atoms with Crippen molar-refractivity contribution in [1.29, 1.82) is 0 Å². The van der Waals surface area contributed by atoms with Gasteiger partial charge in [0.2, 0.25) is 0 Å². The van der Waals surface area contributed by atoms with E-state index < -0.39 is 0 Å². The van der Waals surface area contributed by atoms with Gasteiger partial charge in [0.15, 0.2) is 5.78 Å². The first-order valence-corrected chi connectivity index (χ1v) is 13.8. The van der Waals surface area contributed by atoms with Crippen molar-refractivity contribution in [1.82, 2.24) is 0 Å². The number of aliphatic hydroxyl groups excluding tert-OH is 1. The fourth-order valence-corrected chi connectivity index (χ4v) is 9.73. The van der Waals surface area contributed by atoms with Crippen LogP contribution in [0.25, 0.3) is 0 Å². The van der Waals surface area contributed by atoms with Gasteiger partial charge in [0.25, 0.3) is 0 Å². The number of carbonyl (C=O) groups excluding carboxylic acids is 2. The van der Waals surface area contributed by atoms with E-state index in [2.05, 4.69) is 47.6 Å². The number of fused-ring (bicyclic) bond motifs is 7. The Morgan fingerprint density at radius 3 is 2.27 bits per heavy atom. The van der Waals surface area contributed by atoms with Gasteiger partial charge in [-0.3, -0.25) is 9.59 Å². The highest BCUT2D eigenvalue weighted by Crippen LogP contribution is 2.69. The molecule has 9 unspecified atom stereocenters. The van der Waals surface area contributed by atoms with Crippen LogP contribution in [0.15, 0.2) is 11.6 Å². The Labute approximate surface area is 201 Å². The van der Waals surface area contributed by atoms with Crippen LogP contribution in [0.5, 0.6) is 0 Å². The van der Waals surface area contributed by atoms with Crippen LogP contribution in [-0.2, 0) is 9.59 Å². The molecule has 3 heteroatoms. The first kappa shape index (κ1) is 23.8. The van der Waals surface area contributed by atoms with Gasteiger partial charge < -0.3 is 5.11 Å². The predicted octanol–water partition coefficient (Wildman–Crippen LogP) is 6.53. The van der Waals surface area contributed by atoms with E-state index in [1.165, 1.54) is 18.4 Å². The van der Waals surface area contributed by atoms with Gasteiger partial charge in [-0.2, -0.15) is 0 Å². The highest BCUT2D eigenvalue weighted by molar-refractivity contribution is 5.95. The van der Waals surface area contributed by atoms with Gasteiger partial charge in [-0.25, -0.2) is 0 Å². The Kier molecular flexibility index (Phi) is 5.41. The van der Waals surface area contributed by atoms with Crippen LogP contribution in [0.2, 0.25) is 0 Å². The van der Waals surface area contributed by atoms with Crippen LogP contribution in [0.3, 0.4) is 0 Å². The highest BCUT2D eigenvalue weighted by atomic mass is 16.3. The van der Waals surface area contributed by atoms with Crippen LogP contribution >= 0.6 is 0 Å². The molecule has 0 spiro atoms. The maximum Gasteiger partial charge on any atom is 0.159 e. The molecule has 0 amide bonds. The van der Waals surface area contributed by atoms with Crippen LogP contribution < -0.4 is 0 Å². The molecule has 3 nitrogen and oxygen atoms in total. The molecule has 5 aliphatic carbocycles. The molecule has 0 bridgehead atoms. The topological polar surface area (TPSA) is 54.4 Å². The molecule has 5 aliphatic rings. The van der Waals surface area contributed by atoms with E-state index in [1.54, 1.807) is 0 Å². The minimum absolute atomic E-state index is 0.0173. The fraction of sp³-hybridized carbons (Fsp3) is 0.867. The van der Waals surface area contributed by atoms with Crippen LogP contribution in [0.1, 0.15) is 106 Å². The molecular formula is C30H46O3. The molecular weight excluding hydrogens is 408 g/mol. The van der Waals surface area contributed by atoms with E-state index in [9.17, 15) is 14.7 Å². The van der Waals surface area contributed by atoms with E-state index >= 15 is 0 Å². The summed E-state index contributed by atoms with van der Waals surface area (Å²) in [5.41, 5.74) is 1.40. The molecule has 184 valence electrons. The molecule has 0 aromatic heterocycles. The molecule has 9 atom stereocenters. The van der Waals surface area contributed by atoms with Crippen LogP contribution in [-0.4, -0.2) is 22.8 Å². The zero-order valence-corrected chi connectivity index (χ0v) is 21.9. The van der Waals surface area contributed by atoms with Gasteiger partial charge in [-0.05, 0) is 104 Å². The zero-order valence-electron chi connectivity index (χ0n) is 21.9. The van der Waals surface area contributed by atoms with Gasteiger partial charge in [0, 0.05) is 17.3 Å². The first-order chi connectivity index (χ1) is 15.3. The quantitative estimate of drug-likeness (QED) is 0.490. The zero-order chi connectivity index (χ0) is 24.0. The molecule has 4 fully saturated rings. The molecule has 0 aromatic rings. The van der Waals surface area contributed by atoms with Crippen LogP contribution in [0.4, 0.5) is 0 Å². The minimum Gasteiger partial charge on any atom is -0.393 e. The second kappa shape index (κ2) is 7.52. The van der Waals surface area contributed by atoms with Gasteiger partial charge in [-0.1, -0.05) is 47.1 Å². The fourth-order valence-electron chi connectivity index (χ4n) is 9.73. The lowest BCUT2D eigenvalue weighted by molar-refractivity contribution is -0.159. The largest absolute Gasteiger partial charge is 0.393 e.